The Hall–Kier alpha value is -1.86. The number of nitrogens with zero attached hydrogens (tertiary/aromatic N) is 4. The number of rotatable bonds is 4. The van der Waals surface area contributed by atoms with Crippen molar-refractivity contribution >= 4 is 15.7 Å². The van der Waals surface area contributed by atoms with Crippen LogP contribution in [0.25, 0.3) is 0 Å². The lowest BCUT2D eigenvalue weighted by atomic mass is 10.1. The number of sulfonamides is 1. The maximum Gasteiger partial charge on any atom is 0.246 e. The van der Waals surface area contributed by atoms with Gasteiger partial charge in [0.15, 0.2) is 0 Å². The van der Waals surface area contributed by atoms with E-state index in [9.17, 15) is 8.42 Å². The summed E-state index contributed by atoms with van der Waals surface area (Å²) in [7, 11) is -3.47. The number of aryl methyl sites for hydroxylation is 2. The maximum absolute atomic E-state index is 12.8. The molecule has 0 aliphatic carbocycles. The first-order chi connectivity index (χ1) is 11.4. The van der Waals surface area contributed by atoms with Gasteiger partial charge in [0.25, 0.3) is 0 Å². The lowest BCUT2D eigenvalue weighted by Gasteiger charge is -2.40. The Kier molecular flexibility index (Phi) is 4.64. The predicted octanol–water partition coefficient (Wildman–Crippen LogP) is 2.11. The second-order valence-corrected chi connectivity index (χ2v) is 8.21. The van der Waals surface area contributed by atoms with Gasteiger partial charge in [-0.15, -0.1) is 0 Å². The third-order valence-electron chi connectivity index (χ3n) is 4.53. The Morgan fingerprint density at radius 1 is 1.21 bits per heavy atom. The molecule has 1 aliphatic rings. The number of anilines is 1. The van der Waals surface area contributed by atoms with Crippen LogP contribution in [-0.2, 0) is 16.6 Å². The molecule has 1 aliphatic heterocycles. The highest BCUT2D eigenvalue weighted by Crippen LogP contribution is 2.24. The molecule has 0 bridgehead atoms. The van der Waals surface area contributed by atoms with Gasteiger partial charge in [0.2, 0.25) is 10.0 Å². The molecule has 7 heteroatoms. The van der Waals surface area contributed by atoms with Gasteiger partial charge in [0.1, 0.15) is 4.90 Å². The fourth-order valence-corrected chi connectivity index (χ4v) is 4.53. The molecule has 3 rings (SSSR count). The second kappa shape index (κ2) is 6.57. The number of aromatic nitrogens is 2. The number of piperazine rings is 1. The van der Waals surface area contributed by atoms with Crippen LogP contribution in [0.15, 0.2) is 41.6 Å². The van der Waals surface area contributed by atoms with Crippen LogP contribution in [0, 0.1) is 6.92 Å². The van der Waals surface area contributed by atoms with Gasteiger partial charge in [-0.1, -0.05) is 17.7 Å². The van der Waals surface area contributed by atoms with Crippen LogP contribution in [0.3, 0.4) is 0 Å². The standard InChI is InChI=1S/C17H24N4O2S/c1-4-19-13-17(11-18-19)24(22,23)20-9-10-21(15(3)12-20)16-7-5-14(2)6-8-16/h5-8,11,13,15H,4,9-10,12H2,1-3H3. The number of benzene rings is 1. The Balaban J connectivity index is 1.76. The molecule has 0 spiro atoms. The van der Waals surface area contributed by atoms with Crippen LogP contribution >= 0.6 is 0 Å². The van der Waals surface area contributed by atoms with Gasteiger partial charge >= 0.3 is 0 Å². The summed E-state index contributed by atoms with van der Waals surface area (Å²) in [4.78, 5) is 2.54. The molecule has 0 N–H and O–H groups in total. The van der Waals surface area contributed by atoms with Crippen molar-refractivity contribution in [1.29, 1.82) is 0 Å². The average molecular weight is 348 g/mol. The lowest BCUT2D eigenvalue weighted by Crippen LogP contribution is -2.53. The number of hydrogen-bond donors (Lipinski definition) is 0. The molecule has 0 radical (unpaired) electrons. The molecule has 1 saturated heterocycles. The average Bonchev–Trinajstić information content (AvgIpc) is 3.06. The molecule has 130 valence electrons. The van der Waals surface area contributed by atoms with Crippen molar-refractivity contribution in [3.05, 3.63) is 42.2 Å². The molecule has 1 unspecified atom stereocenters. The summed E-state index contributed by atoms with van der Waals surface area (Å²) >= 11 is 0. The quantitative estimate of drug-likeness (QED) is 0.849. The predicted molar refractivity (Wildman–Crippen MR) is 94.6 cm³/mol. The van der Waals surface area contributed by atoms with Crippen LogP contribution in [0.5, 0.6) is 0 Å². The lowest BCUT2D eigenvalue weighted by molar-refractivity contribution is 0.342. The topological polar surface area (TPSA) is 58.4 Å². The third kappa shape index (κ3) is 3.18. The summed E-state index contributed by atoms with van der Waals surface area (Å²) in [5.74, 6) is 0. The van der Waals surface area contributed by atoms with Crippen molar-refractivity contribution in [3.8, 4) is 0 Å². The van der Waals surface area contributed by atoms with Crippen molar-refractivity contribution in [2.75, 3.05) is 24.5 Å². The molecule has 2 aromatic rings. The molecule has 1 aromatic heterocycles. The molecule has 0 saturated carbocycles. The fourth-order valence-electron chi connectivity index (χ4n) is 3.06. The van der Waals surface area contributed by atoms with Crippen LogP contribution in [-0.4, -0.2) is 48.2 Å². The zero-order chi connectivity index (χ0) is 17.3. The van der Waals surface area contributed by atoms with Crippen LogP contribution in [0.2, 0.25) is 0 Å². The number of hydrogen-bond acceptors (Lipinski definition) is 4. The van der Waals surface area contributed by atoms with Gasteiger partial charge < -0.3 is 4.90 Å². The van der Waals surface area contributed by atoms with Gasteiger partial charge in [-0.2, -0.15) is 9.40 Å². The van der Waals surface area contributed by atoms with Gasteiger partial charge in [0, 0.05) is 44.1 Å². The summed E-state index contributed by atoms with van der Waals surface area (Å²) in [5, 5.41) is 4.09. The summed E-state index contributed by atoms with van der Waals surface area (Å²) in [6.07, 6.45) is 3.04. The largest absolute Gasteiger partial charge is 0.366 e. The maximum atomic E-state index is 12.8. The van der Waals surface area contributed by atoms with E-state index in [1.807, 2.05) is 6.92 Å². The Morgan fingerprint density at radius 3 is 2.50 bits per heavy atom. The second-order valence-electron chi connectivity index (χ2n) is 6.27. The molecular weight excluding hydrogens is 324 g/mol. The summed E-state index contributed by atoms with van der Waals surface area (Å²) < 4.78 is 28.8. The molecule has 1 atom stereocenters. The van der Waals surface area contributed by atoms with E-state index in [-0.39, 0.29) is 10.9 Å². The van der Waals surface area contributed by atoms with Crippen molar-refractivity contribution in [2.45, 2.75) is 38.3 Å². The molecule has 1 fully saturated rings. The smallest absolute Gasteiger partial charge is 0.246 e. The van der Waals surface area contributed by atoms with E-state index in [4.69, 9.17) is 0 Å². The normalized spacial score (nSPS) is 19.6. The molecule has 6 nitrogen and oxygen atoms in total. The van der Waals surface area contributed by atoms with E-state index in [0.29, 0.717) is 26.2 Å². The summed E-state index contributed by atoms with van der Waals surface area (Å²) in [5.41, 5.74) is 2.37. The van der Waals surface area contributed by atoms with Crippen LogP contribution in [0.1, 0.15) is 19.4 Å². The zero-order valence-electron chi connectivity index (χ0n) is 14.4. The third-order valence-corrected chi connectivity index (χ3v) is 6.35. The van der Waals surface area contributed by atoms with E-state index in [1.165, 1.54) is 11.8 Å². The molecule has 0 amide bonds. The van der Waals surface area contributed by atoms with Gasteiger partial charge in [-0.05, 0) is 32.9 Å². The van der Waals surface area contributed by atoms with Gasteiger partial charge in [-0.3, -0.25) is 4.68 Å². The van der Waals surface area contributed by atoms with Crippen molar-refractivity contribution in [2.24, 2.45) is 0 Å². The molecule has 1 aromatic carbocycles. The van der Waals surface area contributed by atoms with Gasteiger partial charge in [0.05, 0.1) is 6.20 Å². The minimum atomic E-state index is -3.47. The van der Waals surface area contributed by atoms with Crippen molar-refractivity contribution < 1.29 is 8.42 Å². The van der Waals surface area contributed by atoms with E-state index in [0.717, 1.165) is 5.69 Å². The first-order valence-corrected chi connectivity index (χ1v) is 9.71. The molecule has 2 heterocycles. The SMILES string of the molecule is CCn1cc(S(=O)(=O)N2CCN(c3ccc(C)cc3)C(C)C2)cn1. The minimum absolute atomic E-state index is 0.123. The highest BCUT2D eigenvalue weighted by Gasteiger charge is 2.33. The first kappa shape index (κ1) is 17.0. The Bertz CT molecular complexity index is 798. The Morgan fingerprint density at radius 2 is 1.92 bits per heavy atom. The summed E-state index contributed by atoms with van der Waals surface area (Å²) in [6, 6.07) is 8.49. The highest BCUT2D eigenvalue weighted by molar-refractivity contribution is 7.89. The van der Waals surface area contributed by atoms with Crippen LogP contribution < -0.4 is 4.90 Å². The molecule has 24 heavy (non-hydrogen) atoms. The zero-order valence-corrected chi connectivity index (χ0v) is 15.2. The fraction of sp³-hybridized carbons (Fsp3) is 0.471. The van der Waals surface area contributed by atoms with E-state index in [1.54, 1.807) is 15.2 Å². The Labute approximate surface area is 143 Å². The minimum Gasteiger partial charge on any atom is -0.366 e. The van der Waals surface area contributed by atoms with Gasteiger partial charge in [-0.25, -0.2) is 8.42 Å². The highest BCUT2D eigenvalue weighted by atomic mass is 32.2. The van der Waals surface area contributed by atoms with Crippen LogP contribution in [0.4, 0.5) is 5.69 Å². The van der Waals surface area contributed by atoms with E-state index < -0.39 is 10.0 Å². The monoisotopic (exact) mass is 348 g/mol. The summed E-state index contributed by atoms with van der Waals surface area (Å²) in [6.45, 7) is 8.38. The van der Waals surface area contributed by atoms with E-state index in [2.05, 4.69) is 48.1 Å². The van der Waals surface area contributed by atoms with Crippen molar-refractivity contribution in [3.63, 3.8) is 0 Å². The van der Waals surface area contributed by atoms with E-state index >= 15 is 0 Å². The van der Waals surface area contributed by atoms with Crippen molar-refractivity contribution in [1.82, 2.24) is 14.1 Å². The first-order valence-electron chi connectivity index (χ1n) is 8.27. The molecular formula is C17H24N4O2S.